The highest BCUT2D eigenvalue weighted by molar-refractivity contribution is 7.89. The lowest BCUT2D eigenvalue weighted by molar-refractivity contribution is -0.182. The first-order valence-corrected chi connectivity index (χ1v) is 7.90. The summed E-state index contributed by atoms with van der Waals surface area (Å²) in [6.07, 6.45) is -4.19. The fourth-order valence-corrected chi connectivity index (χ4v) is 3.85. The smallest absolute Gasteiger partial charge is 0.393 e. The molecule has 1 atom stereocenters. The van der Waals surface area contributed by atoms with Crippen LogP contribution in [-0.4, -0.2) is 39.1 Å². The van der Waals surface area contributed by atoms with Crippen LogP contribution < -0.4 is 4.74 Å². The van der Waals surface area contributed by atoms with Crippen LogP contribution in [0.4, 0.5) is 13.2 Å². The van der Waals surface area contributed by atoms with E-state index in [0.29, 0.717) is 5.75 Å². The van der Waals surface area contributed by atoms with Gasteiger partial charge in [0.2, 0.25) is 10.0 Å². The molecular formula is C13H16F3NO3S. The molecule has 8 heteroatoms. The van der Waals surface area contributed by atoms with Crippen molar-refractivity contribution in [3.63, 3.8) is 0 Å². The Morgan fingerprint density at radius 2 is 1.86 bits per heavy atom. The van der Waals surface area contributed by atoms with Gasteiger partial charge in [0.1, 0.15) is 5.75 Å². The molecule has 0 radical (unpaired) electrons. The van der Waals surface area contributed by atoms with Gasteiger partial charge < -0.3 is 4.74 Å². The standard InChI is InChI=1S/C13H16F3NO3S/c1-20-11-4-6-12(7-5-11)21(18,19)17-8-2-3-10(9-17)13(14,15)16/h4-7,10H,2-3,8-9H2,1H3/t10-/m1/s1. The van der Waals surface area contributed by atoms with E-state index in [1.54, 1.807) is 0 Å². The second kappa shape index (κ2) is 5.84. The summed E-state index contributed by atoms with van der Waals surface area (Å²) in [7, 11) is -2.46. The van der Waals surface area contributed by atoms with Crippen LogP contribution >= 0.6 is 0 Å². The molecule has 1 saturated heterocycles. The average molecular weight is 323 g/mol. The third-order valence-electron chi connectivity index (χ3n) is 3.54. The maximum atomic E-state index is 12.8. The molecule has 1 aliphatic heterocycles. The zero-order valence-electron chi connectivity index (χ0n) is 11.4. The molecule has 0 spiro atoms. The number of hydrogen-bond acceptors (Lipinski definition) is 3. The van der Waals surface area contributed by atoms with Gasteiger partial charge in [0.15, 0.2) is 0 Å². The Morgan fingerprint density at radius 3 is 2.38 bits per heavy atom. The van der Waals surface area contributed by atoms with Crippen LogP contribution in [0.1, 0.15) is 12.8 Å². The van der Waals surface area contributed by atoms with Gasteiger partial charge in [-0.25, -0.2) is 8.42 Å². The van der Waals surface area contributed by atoms with Gasteiger partial charge in [0.05, 0.1) is 17.9 Å². The molecule has 1 fully saturated rings. The highest BCUT2D eigenvalue weighted by Crippen LogP contribution is 2.35. The predicted octanol–water partition coefficient (Wildman–Crippen LogP) is 2.66. The summed E-state index contributed by atoms with van der Waals surface area (Å²) in [5.74, 6) is -1.11. The normalized spacial score (nSPS) is 21.2. The van der Waals surface area contributed by atoms with Crippen molar-refractivity contribution in [2.24, 2.45) is 5.92 Å². The van der Waals surface area contributed by atoms with E-state index in [4.69, 9.17) is 4.74 Å². The Balaban J connectivity index is 2.22. The van der Waals surface area contributed by atoms with E-state index in [1.807, 2.05) is 0 Å². The van der Waals surface area contributed by atoms with Gasteiger partial charge in [0, 0.05) is 13.1 Å². The molecule has 0 bridgehead atoms. The monoisotopic (exact) mass is 323 g/mol. The number of ether oxygens (including phenoxy) is 1. The second-order valence-electron chi connectivity index (χ2n) is 4.92. The molecule has 0 N–H and O–H groups in total. The Labute approximate surface area is 121 Å². The maximum absolute atomic E-state index is 12.8. The van der Waals surface area contributed by atoms with E-state index in [0.717, 1.165) is 4.31 Å². The van der Waals surface area contributed by atoms with Crippen molar-refractivity contribution in [1.82, 2.24) is 4.31 Å². The van der Waals surface area contributed by atoms with E-state index < -0.39 is 28.7 Å². The Hall–Kier alpha value is -1.28. The lowest BCUT2D eigenvalue weighted by Gasteiger charge is -2.32. The molecule has 4 nitrogen and oxygen atoms in total. The van der Waals surface area contributed by atoms with E-state index in [1.165, 1.54) is 31.4 Å². The Kier molecular flexibility index (Phi) is 4.48. The largest absolute Gasteiger partial charge is 0.497 e. The third kappa shape index (κ3) is 3.49. The molecule has 0 aliphatic carbocycles. The van der Waals surface area contributed by atoms with Crippen LogP contribution in [0.2, 0.25) is 0 Å². The molecular weight excluding hydrogens is 307 g/mol. The lowest BCUT2D eigenvalue weighted by atomic mass is 9.99. The fraction of sp³-hybridized carbons (Fsp3) is 0.538. The number of halogens is 3. The van der Waals surface area contributed by atoms with Crippen LogP contribution in [0.5, 0.6) is 5.75 Å². The molecule has 0 amide bonds. The van der Waals surface area contributed by atoms with Crippen LogP contribution in [0.3, 0.4) is 0 Å². The number of nitrogens with zero attached hydrogens (tertiary/aromatic N) is 1. The first kappa shape index (κ1) is 16.1. The summed E-state index contributed by atoms with van der Waals surface area (Å²) >= 11 is 0. The molecule has 118 valence electrons. The van der Waals surface area contributed by atoms with Gasteiger partial charge in [-0.2, -0.15) is 17.5 Å². The molecule has 1 aromatic rings. The number of alkyl halides is 3. The van der Waals surface area contributed by atoms with Gasteiger partial charge in [-0.1, -0.05) is 0 Å². The molecule has 1 aliphatic rings. The van der Waals surface area contributed by atoms with Gasteiger partial charge in [0.25, 0.3) is 0 Å². The zero-order valence-corrected chi connectivity index (χ0v) is 12.2. The van der Waals surface area contributed by atoms with Crippen LogP contribution in [0.15, 0.2) is 29.2 Å². The van der Waals surface area contributed by atoms with Gasteiger partial charge in [-0.05, 0) is 37.1 Å². The van der Waals surface area contributed by atoms with E-state index in [-0.39, 0.29) is 24.3 Å². The molecule has 2 rings (SSSR count). The highest BCUT2D eigenvalue weighted by Gasteiger charge is 2.44. The second-order valence-corrected chi connectivity index (χ2v) is 6.86. The number of piperidine rings is 1. The number of methoxy groups -OCH3 is 1. The number of sulfonamides is 1. The van der Waals surface area contributed by atoms with Crippen molar-refractivity contribution in [2.45, 2.75) is 23.9 Å². The Morgan fingerprint density at radius 1 is 1.24 bits per heavy atom. The van der Waals surface area contributed by atoms with Crippen molar-refractivity contribution < 1.29 is 26.3 Å². The molecule has 0 aromatic heterocycles. The predicted molar refractivity (Wildman–Crippen MR) is 70.5 cm³/mol. The molecule has 0 unspecified atom stereocenters. The van der Waals surface area contributed by atoms with Gasteiger partial charge >= 0.3 is 6.18 Å². The highest BCUT2D eigenvalue weighted by atomic mass is 32.2. The average Bonchev–Trinajstić information content (AvgIpc) is 2.46. The zero-order chi connectivity index (χ0) is 15.7. The topological polar surface area (TPSA) is 46.6 Å². The van der Waals surface area contributed by atoms with Crippen molar-refractivity contribution in [3.8, 4) is 5.75 Å². The summed E-state index contributed by atoms with van der Waals surface area (Å²) in [6.45, 7) is -0.404. The van der Waals surface area contributed by atoms with Crippen molar-refractivity contribution in [3.05, 3.63) is 24.3 Å². The van der Waals surface area contributed by atoms with Gasteiger partial charge in [-0.3, -0.25) is 0 Å². The first-order valence-electron chi connectivity index (χ1n) is 6.46. The summed E-state index contributed by atoms with van der Waals surface area (Å²) in [4.78, 5) is -0.0221. The third-order valence-corrected chi connectivity index (χ3v) is 5.42. The van der Waals surface area contributed by atoms with Crippen LogP contribution in [-0.2, 0) is 10.0 Å². The minimum atomic E-state index is -4.37. The number of rotatable bonds is 3. The number of hydrogen-bond donors (Lipinski definition) is 0. The first-order chi connectivity index (χ1) is 9.75. The molecule has 1 heterocycles. The van der Waals surface area contributed by atoms with Crippen LogP contribution in [0.25, 0.3) is 0 Å². The minimum Gasteiger partial charge on any atom is -0.497 e. The summed E-state index contributed by atoms with van der Waals surface area (Å²) in [5.41, 5.74) is 0. The van der Waals surface area contributed by atoms with Crippen molar-refractivity contribution >= 4 is 10.0 Å². The SMILES string of the molecule is COc1ccc(S(=O)(=O)N2CCC[C@@H](C(F)(F)F)C2)cc1. The van der Waals surface area contributed by atoms with Gasteiger partial charge in [-0.15, -0.1) is 0 Å². The molecule has 21 heavy (non-hydrogen) atoms. The fourth-order valence-electron chi connectivity index (χ4n) is 2.32. The molecule has 0 saturated carbocycles. The van der Waals surface area contributed by atoms with E-state index in [9.17, 15) is 21.6 Å². The van der Waals surface area contributed by atoms with Crippen LogP contribution in [0, 0.1) is 5.92 Å². The Bertz CT molecular complexity index is 584. The number of benzene rings is 1. The van der Waals surface area contributed by atoms with Crippen molar-refractivity contribution in [1.29, 1.82) is 0 Å². The maximum Gasteiger partial charge on any atom is 0.393 e. The lowest BCUT2D eigenvalue weighted by Crippen LogP contribution is -2.44. The summed E-state index contributed by atoms with van der Waals surface area (Å²) < 4.78 is 68.9. The quantitative estimate of drug-likeness (QED) is 0.859. The minimum absolute atomic E-state index is 0.0221. The van der Waals surface area contributed by atoms with E-state index >= 15 is 0 Å². The molecule has 1 aromatic carbocycles. The summed E-state index contributed by atoms with van der Waals surface area (Å²) in [5, 5.41) is 0. The van der Waals surface area contributed by atoms with Crippen molar-refractivity contribution in [2.75, 3.05) is 20.2 Å². The van der Waals surface area contributed by atoms with E-state index in [2.05, 4.69) is 0 Å². The summed E-state index contributed by atoms with van der Waals surface area (Å²) in [6, 6.07) is 5.62.